The van der Waals surface area contributed by atoms with E-state index < -0.39 is 20.5 Å². The third-order valence-corrected chi connectivity index (χ3v) is 2.74. The van der Waals surface area contributed by atoms with E-state index in [2.05, 4.69) is 9.84 Å². The maximum atomic E-state index is 11.1. The zero-order valence-electron chi connectivity index (χ0n) is 12.5. The first-order valence-electron chi connectivity index (χ1n) is 5.39. The number of amides is 1. The van der Waals surface area contributed by atoms with Crippen molar-refractivity contribution in [2.75, 3.05) is 13.7 Å². The van der Waals surface area contributed by atoms with Gasteiger partial charge >= 0.3 is 59.1 Å². The van der Waals surface area contributed by atoms with Crippen molar-refractivity contribution in [3.05, 3.63) is 29.8 Å². The summed E-state index contributed by atoms with van der Waals surface area (Å²) < 4.78 is 19.7. The first kappa shape index (κ1) is 23.9. The minimum Gasteiger partial charge on any atom is -0.790 e. The molecule has 1 unspecified atom stereocenters. The molecule has 0 aliphatic rings. The topological polar surface area (TPSA) is 111 Å². The van der Waals surface area contributed by atoms with Gasteiger partial charge in [-0.3, -0.25) is 4.79 Å². The van der Waals surface area contributed by atoms with Crippen LogP contribution in [-0.2, 0) is 13.9 Å². The largest absolute Gasteiger partial charge is 1.00 e. The van der Waals surface area contributed by atoms with Crippen LogP contribution in [0.3, 0.4) is 0 Å². The van der Waals surface area contributed by atoms with E-state index in [1.807, 2.05) is 0 Å². The van der Waals surface area contributed by atoms with E-state index in [4.69, 9.17) is 4.74 Å². The van der Waals surface area contributed by atoms with Crippen LogP contribution in [0.2, 0.25) is 0 Å². The van der Waals surface area contributed by atoms with Crippen LogP contribution < -0.4 is 79.0 Å². The maximum Gasteiger partial charge on any atom is 1.00 e. The van der Waals surface area contributed by atoms with E-state index in [1.165, 1.54) is 14.0 Å². The molecule has 0 bridgehead atoms. The van der Waals surface area contributed by atoms with Gasteiger partial charge in [-0.2, -0.15) is 0 Å². The molecule has 0 heterocycles. The molecular weight excluding hydrogens is 319 g/mol. The third-order valence-electron chi connectivity index (χ3n) is 2.27. The minimum atomic E-state index is -5.08. The first-order chi connectivity index (χ1) is 8.81. The van der Waals surface area contributed by atoms with Crippen molar-refractivity contribution in [2.24, 2.45) is 0 Å². The quantitative estimate of drug-likeness (QED) is 0.410. The van der Waals surface area contributed by atoms with Crippen LogP contribution >= 0.6 is 7.82 Å². The number of nitrogens with one attached hydrogen (secondary N) is 1. The molecule has 0 aliphatic carbocycles. The fraction of sp³-hybridized carbons (Fsp3) is 0.364. The van der Waals surface area contributed by atoms with Crippen molar-refractivity contribution in [3.63, 3.8) is 0 Å². The van der Waals surface area contributed by atoms with Crippen LogP contribution in [0.1, 0.15) is 18.5 Å². The summed E-state index contributed by atoms with van der Waals surface area (Å²) >= 11 is 0. The van der Waals surface area contributed by atoms with Gasteiger partial charge in [0, 0.05) is 6.92 Å². The van der Waals surface area contributed by atoms with Gasteiger partial charge in [-0.25, -0.2) is 0 Å². The van der Waals surface area contributed by atoms with Crippen LogP contribution in [-0.4, -0.2) is 19.6 Å². The molecule has 21 heavy (non-hydrogen) atoms. The van der Waals surface area contributed by atoms with E-state index in [0.29, 0.717) is 11.3 Å². The van der Waals surface area contributed by atoms with E-state index >= 15 is 0 Å². The van der Waals surface area contributed by atoms with Crippen LogP contribution in [0, 0.1) is 0 Å². The van der Waals surface area contributed by atoms with Crippen molar-refractivity contribution < 1.29 is 87.5 Å². The summed E-state index contributed by atoms with van der Waals surface area (Å²) in [4.78, 5) is 32.1. The van der Waals surface area contributed by atoms with Crippen molar-refractivity contribution in [3.8, 4) is 5.75 Å². The summed E-state index contributed by atoms with van der Waals surface area (Å²) in [5.74, 6) is 0.170. The Hall–Kier alpha value is 0.600. The molecule has 0 fully saturated rings. The molecule has 1 N–H and O–H groups in total. The Balaban J connectivity index is 0. The standard InChI is InChI=1S/C11H16NO6P.2Na/c1-8(13)12-11(7-18-19(14,15)16)9-4-3-5-10(6-9)17-2;;/h3-6,11H,7H2,1-2H3,(H,12,13)(H2,14,15,16);;/q;2*+1/p-2. The number of rotatable bonds is 6. The number of carbonyl (C=O) groups is 1. The molecule has 10 heteroatoms. The van der Waals surface area contributed by atoms with Crippen molar-refractivity contribution in [2.45, 2.75) is 13.0 Å². The summed E-state index contributed by atoms with van der Waals surface area (Å²) in [5, 5.41) is 2.50. The second-order valence-electron chi connectivity index (χ2n) is 3.77. The fourth-order valence-electron chi connectivity index (χ4n) is 1.49. The second-order valence-corrected chi connectivity index (χ2v) is 4.93. The molecule has 0 aromatic heterocycles. The fourth-order valence-corrected chi connectivity index (χ4v) is 1.82. The molecule has 1 aromatic carbocycles. The number of carbonyl (C=O) groups excluding carboxylic acids is 1. The molecule has 0 saturated heterocycles. The number of methoxy groups -OCH3 is 1. The number of phosphoric ester groups is 1. The van der Waals surface area contributed by atoms with E-state index in [0.717, 1.165) is 0 Å². The molecule has 106 valence electrons. The number of ether oxygens (including phenoxy) is 1. The smallest absolute Gasteiger partial charge is 0.790 e. The van der Waals surface area contributed by atoms with Crippen molar-refractivity contribution in [1.82, 2.24) is 5.32 Å². The Morgan fingerprint density at radius 2 is 2.00 bits per heavy atom. The summed E-state index contributed by atoms with van der Waals surface area (Å²) in [5.41, 5.74) is 0.572. The van der Waals surface area contributed by atoms with Crippen molar-refractivity contribution in [1.29, 1.82) is 0 Å². The molecule has 7 nitrogen and oxygen atoms in total. The van der Waals surface area contributed by atoms with Gasteiger partial charge in [0.15, 0.2) is 0 Å². The van der Waals surface area contributed by atoms with Gasteiger partial charge in [0.1, 0.15) is 5.75 Å². The van der Waals surface area contributed by atoms with Gasteiger partial charge in [0.05, 0.1) is 27.6 Å². The molecule has 1 amide bonds. The first-order valence-corrected chi connectivity index (χ1v) is 6.85. The summed E-state index contributed by atoms with van der Waals surface area (Å²) in [7, 11) is -3.61. The van der Waals surface area contributed by atoms with Gasteiger partial charge < -0.3 is 28.9 Å². The monoisotopic (exact) mass is 333 g/mol. The summed E-state index contributed by atoms with van der Waals surface area (Å²) in [6.45, 7) is 0.818. The van der Waals surface area contributed by atoms with Crippen LogP contribution in [0.5, 0.6) is 5.75 Å². The minimum absolute atomic E-state index is 0. The Bertz CT molecular complexity index is 495. The molecule has 0 aliphatic heterocycles. The Morgan fingerprint density at radius 1 is 1.38 bits per heavy atom. The molecule has 1 atom stereocenters. The van der Waals surface area contributed by atoms with Gasteiger partial charge in [0.2, 0.25) is 5.91 Å². The van der Waals surface area contributed by atoms with Gasteiger partial charge in [0.25, 0.3) is 0 Å². The molecule has 1 aromatic rings. The molecule has 1 rings (SSSR count). The van der Waals surface area contributed by atoms with Gasteiger partial charge in [-0.1, -0.05) is 12.1 Å². The van der Waals surface area contributed by atoms with Crippen molar-refractivity contribution >= 4 is 13.7 Å². The molecule has 0 radical (unpaired) electrons. The van der Waals surface area contributed by atoms with E-state index in [-0.39, 0.29) is 65.0 Å². The van der Waals surface area contributed by atoms with Crippen LogP contribution in [0.4, 0.5) is 0 Å². The van der Waals surface area contributed by atoms with Crippen LogP contribution in [0.15, 0.2) is 24.3 Å². The zero-order valence-corrected chi connectivity index (χ0v) is 17.4. The molecular formula is C11H14NNa2O6P. The summed E-state index contributed by atoms with van der Waals surface area (Å²) in [6, 6.07) is 5.90. The van der Waals surface area contributed by atoms with Crippen LogP contribution in [0.25, 0.3) is 0 Å². The van der Waals surface area contributed by atoms with E-state index in [9.17, 15) is 19.1 Å². The Labute approximate surface area is 167 Å². The number of phosphoric acid groups is 1. The maximum absolute atomic E-state index is 11.1. The molecule has 0 spiro atoms. The second kappa shape index (κ2) is 11.2. The number of benzene rings is 1. The van der Waals surface area contributed by atoms with E-state index in [1.54, 1.807) is 24.3 Å². The van der Waals surface area contributed by atoms with Gasteiger partial charge in [-0.15, -0.1) is 0 Å². The number of hydrogen-bond donors (Lipinski definition) is 1. The summed E-state index contributed by atoms with van der Waals surface area (Å²) in [6.07, 6.45) is 0. The number of hydrogen-bond acceptors (Lipinski definition) is 6. The Morgan fingerprint density at radius 3 is 2.48 bits per heavy atom. The normalized spacial score (nSPS) is 11.6. The SMILES string of the molecule is COc1cccc(C(COP(=O)([O-])[O-])NC(C)=O)c1.[Na+].[Na+]. The zero-order chi connectivity index (χ0) is 14.5. The Kier molecular flexibility index (Phi) is 12.7. The van der Waals surface area contributed by atoms with Gasteiger partial charge in [-0.05, 0) is 17.7 Å². The average molecular weight is 333 g/mol. The predicted octanol–water partition coefficient (Wildman–Crippen LogP) is -6.27. The third kappa shape index (κ3) is 10.1. The average Bonchev–Trinajstić information content (AvgIpc) is 2.33. The molecule has 0 saturated carbocycles. The predicted molar refractivity (Wildman–Crippen MR) is 63.1 cm³/mol.